The zero-order valence-corrected chi connectivity index (χ0v) is 21.2. The smallest absolute Gasteiger partial charge is 0.0620 e. The van der Waals surface area contributed by atoms with Crippen LogP contribution < -0.4 is 0 Å². The van der Waals surface area contributed by atoms with Gasteiger partial charge in [-0.15, -0.1) is 0 Å². The third-order valence-corrected chi connectivity index (χ3v) is 8.50. The maximum atomic E-state index is 2.44. The molecule has 9 rings (SSSR count). The molecule has 0 aliphatic carbocycles. The first-order chi connectivity index (χ1) is 19.3. The van der Waals surface area contributed by atoms with Gasteiger partial charge in [-0.05, 0) is 74.1 Å². The topological polar surface area (TPSA) is 4.41 Å². The van der Waals surface area contributed by atoms with Gasteiger partial charge in [-0.3, -0.25) is 0 Å². The van der Waals surface area contributed by atoms with E-state index in [1.807, 2.05) is 0 Å². The van der Waals surface area contributed by atoms with Gasteiger partial charge in [0.2, 0.25) is 0 Å². The molecule has 0 amide bonds. The fourth-order valence-electron chi connectivity index (χ4n) is 6.68. The Bertz CT molecular complexity index is 2390. The lowest BCUT2D eigenvalue weighted by molar-refractivity contribution is 1.37. The van der Waals surface area contributed by atoms with Crippen molar-refractivity contribution < 1.29 is 0 Å². The summed E-state index contributed by atoms with van der Waals surface area (Å²) < 4.78 is 2.44. The van der Waals surface area contributed by atoms with E-state index in [0.29, 0.717) is 0 Å². The monoisotopic (exact) mass is 493 g/mol. The molecular formula is C38H23N. The first-order valence-electron chi connectivity index (χ1n) is 13.5. The first kappa shape index (κ1) is 20.9. The van der Waals surface area contributed by atoms with Crippen LogP contribution in [0.1, 0.15) is 0 Å². The quantitative estimate of drug-likeness (QED) is 0.211. The highest BCUT2D eigenvalue weighted by Gasteiger charge is 2.17. The second-order valence-electron chi connectivity index (χ2n) is 10.6. The number of rotatable bonds is 2. The summed E-state index contributed by atoms with van der Waals surface area (Å²) in [5.74, 6) is 0. The number of hydrogen-bond acceptors (Lipinski definition) is 0. The van der Waals surface area contributed by atoms with E-state index < -0.39 is 0 Å². The van der Waals surface area contributed by atoms with Crippen LogP contribution >= 0.6 is 0 Å². The number of fused-ring (bicyclic) bond motifs is 9. The van der Waals surface area contributed by atoms with Gasteiger partial charge in [-0.25, -0.2) is 0 Å². The Balaban J connectivity index is 1.20. The lowest BCUT2D eigenvalue weighted by atomic mass is 9.95. The maximum absolute atomic E-state index is 2.44. The van der Waals surface area contributed by atoms with Crippen LogP contribution in [0.5, 0.6) is 0 Å². The molecule has 0 bridgehead atoms. The summed E-state index contributed by atoms with van der Waals surface area (Å²) in [6.07, 6.45) is 0. The lowest BCUT2D eigenvalue weighted by Gasteiger charge is -2.09. The van der Waals surface area contributed by atoms with Crippen LogP contribution in [0, 0.1) is 0 Å². The van der Waals surface area contributed by atoms with Gasteiger partial charge in [0.15, 0.2) is 0 Å². The van der Waals surface area contributed by atoms with Crippen molar-refractivity contribution in [3.05, 3.63) is 140 Å². The molecule has 7 aromatic carbocycles. The second kappa shape index (κ2) is 7.69. The van der Waals surface area contributed by atoms with Gasteiger partial charge < -0.3 is 4.40 Å². The van der Waals surface area contributed by atoms with Gasteiger partial charge in [-0.2, -0.15) is 0 Å². The minimum atomic E-state index is 1.24. The summed E-state index contributed by atoms with van der Waals surface area (Å²) in [4.78, 5) is 0. The Morgan fingerprint density at radius 1 is 0.308 bits per heavy atom. The molecule has 0 saturated carbocycles. The van der Waals surface area contributed by atoms with Gasteiger partial charge in [0.25, 0.3) is 0 Å². The van der Waals surface area contributed by atoms with Crippen molar-refractivity contribution in [1.29, 1.82) is 0 Å². The molecular weight excluding hydrogens is 470 g/mol. The zero-order chi connectivity index (χ0) is 25.5. The Kier molecular flexibility index (Phi) is 4.11. The van der Waals surface area contributed by atoms with E-state index in [9.17, 15) is 0 Å². The van der Waals surface area contributed by atoms with Crippen molar-refractivity contribution >= 4 is 59.6 Å². The molecule has 0 N–H and O–H groups in total. The van der Waals surface area contributed by atoms with E-state index in [4.69, 9.17) is 0 Å². The minimum Gasteiger partial charge on any atom is -0.308 e. The van der Waals surface area contributed by atoms with Gasteiger partial charge in [0, 0.05) is 21.5 Å². The Labute approximate surface area is 225 Å². The minimum absolute atomic E-state index is 1.24. The molecule has 2 aromatic heterocycles. The summed E-state index contributed by atoms with van der Waals surface area (Å²) in [6.45, 7) is 0. The number of benzene rings is 7. The fraction of sp³-hybridized carbons (Fsp3) is 0. The zero-order valence-electron chi connectivity index (χ0n) is 21.2. The van der Waals surface area contributed by atoms with E-state index >= 15 is 0 Å². The molecule has 1 nitrogen and oxygen atoms in total. The molecule has 0 radical (unpaired) electrons. The highest BCUT2D eigenvalue weighted by molar-refractivity contribution is 6.23. The van der Waals surface area contributed by atoms with Gasteiger partial charge >= 0.3 is 0 Å². The third kappa shape index (κ3) is 2.90. The Hall–Kier alpha value is -5.14. The van der Waals surface area contributed by atoms with E-state index in [0.717, 1.165) is 0 Å². The van der Waals surface area contributed by atoms with Crippen molar-refractivity contribution in [1.82, 2.24) is 4.40 Å². The van der Waals surface area contributed by atoms with Crippen LogP contribution in [0.4, 0.5) is 0 Å². The standard InChI is InChI=1S/C38H23N/c1-2-10-30-24(7-1)15-16-29-22-27(17-19-31(29)30)25-8-5-9-26(21-25)28-18-20-37-35(23-28)34-13-6-12-33-32-11-3-4-14-36(32)39(37)38(33)34/h1-23H. The molecule has 0 fully saturated rings. The molecule has 0 atom stereocenters. The van der Waals surface area contributed by atoms with Crippen molar-refractivity contribution in [2.75, 3.05) is 0 Å². The van der Waals surface area contributed by atoms with Gasteiger partial charge in [-0.1, -0.05) is 109 Å². The van der Waals surface area contributed by atoms with Crippen LogP contribution in [0.3, 0.4) is 0 Å². The predicted molar refractivity (Wildman–Crippen MR) is 167 cm³/mol. The Morgan fingerprint density at radius 2 is 0.897 bits per heavy atom. The lowest BCUT2D eigenvalue weighted by Crippen LogP contribution is -1.84. The van der Waals surface area contributed by atoms with Crippen molar-refractivity contribution in [2.24, 2.45) is 0 Å². The fourth-order valence-corrected chi connectivity index (χ4v) is 6.68. The van der Waals surface area contributed by atoms with Crippen molar-refractivity contribution in [3.63, 3.8) is 0 Å². The summed E-state index contributed by atoms with van der Waals surface area (Å²) in [6, 6.07) is 51.3. The molecule has 0 unspecified atom stereocenters. The number of aromatic nitrogens is 1. The van der Waals surface area contributed by atoms with E-state index in [1.54, 1.807) is 0 Å². The third-order valence-electron chi connectivity index (χ3n) is 8.50. The molecule has 0 saturated heterocycles. The molecule has 180 valence electrons. The molecule has 1 heteroatoms. The molecule has 0 aliphatic heterocycles. The van der Waals surface area contributed by atoms with E-state index in [1.165, 1.54) is 81.9 Å². The maximum Gasteiger partial charge on any atom is 0.0620 e. The van der Waals surface area contributed by atoms with Gasteiger partial charge in [0.05, 0.1) is 16.6 Å². The van der Waals surface area contributed by atoms with Crippen LogP contribution in [-0.2, 0) is 0 Å². The first-order valence-corrected chi connectivity index (χ1v) is 13.5. The predicted octanol–water partition coefficient (Wildman–Crippen LogP) is 10.5. The van der Waals surface area contributed by atoms with Crippen LogP contribution in [0.15, 0.2) is 140 Å². The molecule has 39 heavy (non-hydrogen) atoms. The van der Waals surface area contributed by atoms with Gasteiger partial charge in [0.1, 0.15) is 0 Å². The number of nitrogens with zero attached hydrogens (tertiary/aromatic N) is 1. The Morgan fingerprint density at radius 3 is 1.79 bits per heavy atom. The summed E-state index contributed by atoms with van der Waals surface area (Å²) in [5.41, 5.74) is 8.83. The highest BCUT2D eigenvalue weighted by atomic mass is 14.9. The molecule has 2 heterocycles. The summed E-state index contributed by atoms with van der Waals surface area (Å²) >= 11 is 0. The molecule has 0 aliphatic rings. The highest BCUT2D eigenvalue weighted by Crippen LogP contribution is 2.40. The number of hydrogen-bond donors (Lipinski definition) is 0. The second-order valence-corrected chi connectivity index (χ2v) is 10.6. The van der Waals surface area contributed by atoms with Crippen LogP contribution in [0.25, 0.3) is 81.9 Å². The molecule has 9 aromatic rings. The normalized spacial score (nSPS) is 12.1. The van der Waals surface area contributed by atoms with Crippen molar-refractivity contribution in [3.8, 4) is 22.3 Å². The molecule has 0 spiro atoms. The van der Waals surface area contributed by atoms with Crippen molar-refractivity contribution in [2.45, 2.75) is 0 Å². The largest absolute Gasteiger partial charge is 0.308 e. The van der Waals surface area contributed by atoms with E-state index in [-0.39, 0.29) is 0 Å². The SMILES string of the molecule is c1cc(-c2ccc3c(ccc4ccccc43)c2)cc(-c2ccc3c(c2)c2cccc4c5ccccc5n3c42)c1. The summed E-state index contributed by atoms with van der Waals surface area (Å²) in [7, 11) is 0. The van der Waals surface area contributed by atoms with Crippen LogP contribution in [0.2, 0.25) is 0 Å². The van der Waals surface area contributed by atoms with Crippen LogP contribution in [-0.4, -0.2) is 4.40 Å². The average molecular weight is 494 g/mol. The van der Waals surface area contributed by atoms with E-state index in [2.05, 4.69) is 144 Å². The summed E-state index contributed by atoms with van der Waals surface area (Å²) in [5, 5.41) is 10.4. The average Bonchev–Trinajstić information content (AvgIpc) is 3.53. The number of para-hydroxylation sites is 2.